The van der Waals surface area contributed by atoms with Crippen LogP contribution in [0.25, 0.3) is 11.3 Å². The molecule has 1 aromatic carbocycles. The van der Waals surface area contributed by atoms with Crippen LogP contribution in [0.3, 0.4) is 0 Å². The molecule has 5 nitrogen and oxygen atoms in total. The minimum atomic E-state index is -1.19. The van der Waals surface area contributed by atoms with Gasteiger partial charge in [-0.05, 0) is 36.8 Å². The van der Waals surface area contributed by atoms with Gasteiger partial charge in [-0.15, -0.1) is 0 Å². The minimum absolute atomic E-state index is 0.168. The molecule has 0 atom stereocenters. The number of carboxylic acid groups (broad SMARTS) is 1. The number of aromatic carboxylic acids is 1. The summed E-state index contributed by atoms with van der Waals surface area (Å²) < 4.78 is 5.16. The number of methoxy groups -OCH3 is 1. The number of hydrogen-bond donors (Lipinski definition) is 2. The molecule has 0 amide bonds. The Morgan fingerprint density at radius 2 is 2.05 bits per heavy atom. The van der Waals surface area contributed by atoms with Gasteiger partial charge in [0.15, 0.2) is 0 Å². The predicted octanol–water partition coefficient (Wildman–Crippen LogP) is 2.47. The van der Waals surface area contributed by atoms with Gasteiger partial charge in [0.1, 0.15) is 17.1 Å². The van der Waals surface area contributed by atoms with Crippen LogP contribution in [0.2, 0.25) is 0 Å². The highest BCUT2D eigenvalue weighted by molar-refractivity contribution is 5.91. The summed E-state index contributed by atoms with van der Waals surface area (Å²) in [4.78, 5) is 15.0. The molecule has 0 bridgehead atoms. The van der Waals surface area contributed by atoms with Crippen molar-refractivity contribution in [2.75, 3.05) is 7.11 Å². The van der Waals surface area contributed by atoms with Gasteiger partial charge in [0.05, 0.1) is 19.0 Å². The van der Waals surface area contributed by atoms with Gasteiger partial charge >= 0.3 is 5.97 Å². The summed E-state index contributed by atoms with van der Waals surface area (Å²) >= 11 is 0. The number of aryl methyl sites for hydroxylation is 1. The summed E-state index contributed by atoms with van der Waals surface area (Å²) in [7, 11) is 1.59. The van der Waals surface area contributed by atoms with Crippen molar-refractivity contribution in [1.82, 2.24) is 4.98 Å². The van der Waals surface area contributed by atoms with Gasteiger partial charge in [0, 0.05) is 5.56 Å². The molecule has 0 unspecified atom stereocenters. The first kappa shape index (κ1) is 12.9. The molecule has 2 aromatic rings. The first-order valence-corrected chi connectivity index (χ1v) is 5.60. The summed E-state index contributed by atoms with van der Waals surface area (Å²) in [6, 6.07) is 6.78. The van der Waals surface area contributed by atoms with E-state index in [0.717, 1.165) is 23.1 Å². The number of aromatic nitrogens is 1. The lowest BCUT2D eigenvalue weighted by Crippen LogP contribution is -1.98. The topological polar surface area (TPSA) is 79.7 Å². The zero-order valence-electron chi connectivity index (χ0n) is 10.5. The van der Waals surface area contributed by atoms with Crippen molar-refractivity contribution >= 4 is 5.97 Å². The summed E-state index contributed by atoms with van der Waals surface area (Å²) in [5, 5.41) is 18.4. The fourth-order valence-corrected chi connectivity index (χ4v) is 1.82. The van der Waals surface area contributed by atoms with E-state index in [1.54, 1.807) is 19.2 Å². The Bertz CT molecular complexity index is 637. The van der Waals surface area contributed by atoms with Crippen LogP contribution >= 0.6 is 0 Å². The van der Waals surface area contributed by atoms with E-state index < -0.39 is 5.97 Å². The van der Waals surface area contributed by atoms with E-state index in [2.05, 4.69) is 4.98 Å². The molecular formula is C14H13NO4. The van der Waals surface area contributed by atoms with Crippen molar-refractivity contribution in [1.29, 1.82) is 0 Å². The molecule has 2 rings (SSSR count). The van der Waals surface area contributed by atoms with Crippen LogP contribution in [0.5, 0.6) is 11.5 Å². The summed E-state index contributed by atoms with van der Waals surface area (Å²) in [6.45, 7) is 1.89. The molecule has 2 N–H and O–H groups in total. The van der Waals surface area contributed by atoms with E-state index in [1.165, 1.54) is 6.07 Å². The second-order valence-electron chi connectivity index (χ2n) is 4.08. The third-order valence-electron chi connectivity index (χ3n) is 2.80. The maximum absolute atomic E-state index is 11.0. The Morgan fingerprint density at radius 3 is 2.63 bits per heavy atom. The zero-order valence-corrected chi connectivity index (χ0v) is 10.5. The average Bonchev–Trinajstić information content (AvgIpc) is 2.38. The zero-order chi connectivity index (χ0) is 14.0. The molecular weight excluding hydrogens is 246 g/mol. The number of rotatable bonds is 3. The van der Waals surface area contributed by atoms with E-state index >= 15 is 0 Å². The van der Waals surface area contributed by atoms with Gasteiger partial charge < -0.3 is 14.9 Å². The second-order valence-corrected chi connectivity index (χ2v) is 4.08. The third kappa shape index (κ3) is 2.49. The fraction of sp³-hybridized carbons (Fsp3) is 0.143. The Balaban J connectivity index is 2.50. The lowest BCUT2D eigenvalue weighted by Gasteiger charge is -2.08. The van der Waals surface area contributed by atoms with Crippen molar-refractivity contribution < 1.29 is 19.7 Å². The van der Waals surface area contributed by atoms with Crippen LogP contribution in [-0.4, -0.2) is 28.3 Å². The highest BCUT2D eigenvalue weighted by Gasteiger charge is 2.12. The van der Waals surface area contributed by atoms with Crippen molar-refractivity contribution in [3.8, 4) is 22.8 Å². The molecule has 0 spiro atoms. The maximum Gasteiger partial charge on any atom is 0.339 e. The summed E-state index contributed by atoms with van der Waals surface area (Å²) in [5.74, 6) is -0.783. The second kappa shape index (κ2) is 4.97. The van der Waals surface area contributed by atoms with Crippen LogP contribution in [0.15, 0.2) is 30.5 Å². The number of nitrogens with zero attached hydrogens (tertiary/aromatic N) is 1. The van der Waals surface area contributed by atoms with E-state index in [0.29, 0.717) is 5.69 Å². The smallest absolute Gasteiger partial charge is 0.339 e. The van der Waals surface area contributed by atoms with Gasteiger partial charge in [-0.1, -0.05) is 0 Å². The van der Waals surface area contributed by atoms with Gasteiger partial charge in [-0.2, -0.15) is 0 Å². The monoisotopic (exact) mass is 259 g/mol. The SMILES string of the molecule is COc1ccc(-c2cc(C(=O)O)c(O)cn2)cc1C. The van der Waals surface area contributed by atoms with Crippen LogP contribution in [0.4, 0.5) is 0 Å². The molecule has 1 heterocycles. The summed E-state index contributed by atoms with van der Waals surface area (Å²) in [6.07, 6.45) is 1.14. The van der Waals surface area contributed by atoms with E-state index in [4.69, 9.17) is 9.84 Å². The van der Waals surface area contributed by atoms with Crippen molar-refractivity contribution in [2.45, 2.75) is 6.92 Å². The largest absolute Gasteiger partial charge is 0.505 e. The molecule has 98 valence electrons. The van der Waals surface area contributed by atoms with Crippen LogP contribution in [-0.2, 0) is 0 Å². The number of carboxylic acids is 1. The Kier molecular flexibility index (Phi) is 3.37. The maximum atomic E-state index is 11.0. The normalized spacial score (nSPS) is 10.2. The lowest BCUT2D eigenvalue weighted by atomic mass is 10.1. The van der Waals surface area contributed by atoms with Gasteiger partial charge in [-0.25, -0.2) is 4.79 Å². The highest BCUT2D eigenvalue weighted by Crippen LogP contribution is 2.27. The van der Waals surface area contributed by atoms with Crippen molar-refractivity contribution in [3.63, 3.8) is 0 Å². The molecule has 0 radical (unpaired) electrons. The molecule has 0 saturated carbocycles. The predicted molar refractivity (Wildman–Crippen MR) is 69.6 cm³/mol. The van der Waals surface area contributed by atoms with Crippen LogP contribution in [0, 0.1) is 6.92 Å². The Hall–Kier alpha value is -2.56. The molecule has 0 aliphatic carbocycles. The molecule has 0 aliphatic heterocycles. The van der Waals surface area contributed by atoms with Gasteiger partial charge in [-0.3, -0.25) is 4.98 Å². The number of benzene rings is 1. The first-order valence-electron chi connectivity index (χ1n) is 5.60. The van der Waals surface area contributed by atoms with Crippen molar-refractivity contribution in [3.05, 3.63) is 41.6 Å². The summed E-state index contributed by atoms with van der Waals surface area (Å²) in [5.41, 5.74) is 2.01. The standard InChI is InChI=1S/C14H13NO4/c1-8-5-9(3-4-13(8)19-2)11-6-10(14(17)18)12(16)7-15-11/h3-7,16H,1-2H3,(H,17,18). The van der Waals surface area contributed by atoms with Gasteiger partial charge in [0.2, 0.25) is 0 Å². The Labute approximate surface area is 110 Å². The number of aromatic hydroxyl groups is 1. The van der Waals surface area contributed by atoms with Crippen molar-refractivity contribution in [2.24, 2.45) is 0 Å². The first-order chi connectivity index (χ1) is 9.02. The number of ether oxygens (including phenoxy) is 1. The Morgan fingerprint density at radius 1 is 1.32 bits per heavy atom. The number of pyridine rings is 1. The average molecular weight is 259 g/mol. The van der Waals surface area contributed by atoms with E-state index in [-0.39, 0.29) is 11.3 Å². The quantitative estimate of drug-likeness (QED) is 0.885. The number of carbonyl (C=O) groups is 1. The molecule has 0 fully saturated rings. The van der Waals surface area contributed by atoms with E-state index in [9.17, 15) is 9.90 Å². The minimum Gasteiger partial charge on any atom is -0.505 e. The van der Waals surface area contributed by atoms with Gasteiger partial charge in [0.25, 0.3) is 0 Å². The molecule has 0 saturated heterocycles. The molecule has 5 heteroatoms. The third-order valence-corrected chi connectivity index (χ3v) is 2.80. The van der Waals surface area contributed by atoms with E-state index in [1.807, 2.05) is 13.0 Å². The molecule has 0 aliphatic rings. The number of hydrogen-bond acceptors (Lipinski definition) is 4. The lowest BCUT2D eigenvalue weighted by molar-refractivity contribution is 0.0693. The molecule has 19 heavy (non-hydrogen) atoms. The fourth-order valence-electron chi connectivity index (χ4n) is 1.82. The van der Waals surface area contributed by atoms with Crippen LogP contribution < -0.4 is 4.74 Å². The highest BCUT2D eigenvalue weighted by atomic mass is 16.5. The molecule has 1 aromatic heterocycles. The van der Waals surface area contributed by atoms with Crippen LogP contribution in [0.1, 0.15) is 15.9 Å².